The van der Waals surface area contributed by atoms with Crippen molar-refractivity contribution in [2.24, 2.45) is 0 Å². The summed E-state index contributed by atoms with van der Waals surface area (Å²) in [7, 11) is 0. The second kappa shape index (κ2) is 6.39. The Balaban J connectivity index is 1.73. The summed E-state index contributed by atoms with van der Waals surface area (Å²) in [5.41, 5.74) is 2.75. The maximum atomic E-state index is 13.1. The van der Waals surface area contributed by atoms with Gasteiger partial charge in [0.15, 0.2) is 0 Å². The molecule has 0 aliphatic carbocycles. The lowest BCUT2D eigenvalue weighted by molar-refractivity contribution is 0.0654. The molecule has 1 N–H and O–H groups in total. The van der Waals surface area contributed by atoms with Crippen LogP contribution in [0.4, 0.5) is 0 Å². The summed E-state index contributed by atoms with van der Waals surface area (Å²) in [6.45, 7) is 4.78. The molecule has 0 fully saturated rings. The van der Waals surface area contributed by atoms with Gasteiger partial charge in [-0.1, -0.05) is 17.7 Å². The molecule has 2 unspecified atom stereocenters. The van der Waals surface area contributed by atoms with Crippen LogP contribution in [0.5, 0.6) is 0 Å². The summed E-state index contributed by atoms with van der Waals surface area (Å²) in [6, 6.07) is 6.83. The van der Waals surface area contributed by atoms with Gasteiger partial charge >= 0.3 is 0 Å². The highest BCUT2D eigenvalue weighted by molar-refractivity contribution is 6.35. The smallest absolute Gasteiger partial charge is 0.270 e. The van der Waals surface area contributed by atoms with Gasteiger partial charge in [0.2, 0.25) is 0 Å². The van der Waals surface area contributed by atoms with Crippen molar-refractivity contribution in [2.75, 3.05) is 6.54 Å². The zero-order valence-electron chi connectivity index (χ0n) is 15.0. The first-order chi connectivity index (χ1) is 12.9. The van der Waals surface area contributed by atoms with E-state index in [1.54, 1.807) is 27.8 Å². The third-order valence-electron chi connectivity index (χ3n) is 5.24. The van der Waals surface area contributed by atoms with Crippen molar-refractivity contribution in [3.63, 3.8) is 0 Å². The molecule has 2 amide bonds. The molecule has 1 aromatic heterocycles. The molecule has 8 heteroatoms. The topological polar surface area (TPSA) is 91.0 Å². The van der Waals surface area contributed by atoms with E-state index in [2.05, 4.69) is 10.4 Å². The summed E-state index contributed by atoms with van der Waals surface area (Å²) in [5.74, 6) is -0.409. The molecule has 3 heterocycles. The molecule has 0 saturated carbocycles. The number of benzene rings is 1. The summed E-state index contributed by atoms with van der Waals surface area (Å²) < 4.78 is 1.77. The minimum Gasteiger partial charge on any atom is -0.349 e. The second-order valence-electron chi connectivity index (χ2n) is 7.04. The van der Waals surface area contributed by atoms with Gasteiger partial charge in [-0.2, -0.15) is 10.4 Å². The molecule has 2 aliphatic rings. The first kappa shape index (κ1) is 17.6. The largest absolute Gasteiger partial charge is 0.349 e. The molecule has 0 saturated heterocycles. The molecule has 2 atom stereocenters. The summed E-state index contributed by atoms with van der Waals surface area (Å²) in [6.07, 6.45) is 0.566. The number of fused-ring (bicyclic) bond motifs is 3. The molecule has 7 nitrogen and oxygen atoms in total. The van der Waals surface area contributed by atoms with Gasteiger partial charge in [-0.05, 0) is 26.0 Å². The molecule has 138 valence electrons. The lowest BCUT2D eigenvalue weighted by Crippen LogP contribution is -2.43. The van der Waals surface area contributed by atoms with Crippen molar-refractivity contribution in [2.45, 2.75) is 38.9 Å². The van der Waals surface area contributed by atoms with Crippen LogP contribution >= 0.6 is 11.6 Å². The van der Waals surface area contributed by atoms with Crippen LogP contribution in [-0.2, 0) is 13.0 Å². The number of hydrogen-bond donors (Lipinski definition) is 1. The first-order valence-corrected chi connectivity index (χ1v) is 9.18. The van der Waals surface area contributed by atoms with Gasteiger partial charge in [0.1, 0.15) is 11.8 Å². The van der Waals surface area contributed by atoms with Crippen molar-refractivity contribution < 1.29 is 9.59 Å². The molecule has 1 aromatic carbocycles. The normalized spacial score (nSPS) is 21.1. The Hall–Kier alpha value is -2.85. The number of hydrogen-bond acceptors (Lipinski definition) is 4. The molecule has 4 rings (SSSR count). The monoisotopic (exact) mass is 383 g/mol. The molecule has 0 bridgehead atoms. The van der Waals surface area contributed by atoms with E-state index < -0.39 is 0 Å². The van der Waals surface area contributed by atoms with Crippen molar-refractivity contribution in [3.05, 3.63) is 51.3 Å². The van der Waals surface area contributed by atoms with E-state index >= 15 is 0 Å². The maximum absolute atomic E-state index is 13.1. The summed E-state index contributed by atoms with van der Waals surface area (Å²) in [5, 5.41) is 16.8. The van der Waals surface area contributed by atoms with Crippen molar-refractivity contribution in [1.29, 1.82) is 5.26 Å². The average Bonchev–Trinajstić information content (AvgIpc) is 3.03. The minimum atomic E-state index is -0.250. The van der Waals surface area contributed by atoms with Crippen molar-refractivity contribution >= 4 is 23.4 Å². The Bertz CT molecular complexity index is 1010. The van der Waals surface area contributed by atoms with Gasteiger partial charge in [-0.25, -0.2) is 0 Å². The highest BCUT2D eigenvalue weighted by Crippen LogP contribution is 2.31. The molecule has 0 spiro atoms. The van der Waals surface area contributed by atoms with Crippen LogP contribution in [0.2, 0.25) is 5.02 Å². The predicted octanol–water partition coefficient (Wildman–Crippen LogP) is 2.30. The predicted molar refractivity (Wildman–Crippen MR) is 98.5 cm³/mol. The highest BCUT2D eigenvalue weighted by Gasteiger charge is 2.37. The van der Waals surface area contributed by atoms with E-state index in [1.165, 1.54) is 0 Å². The zero-order valence-corrected chi connectivity index (χ0v) is 15.7. The Labute approximate surface area is 161 Å². The molecular formula is C19H18ClN5O2. The molecule has 27 heavy (non-hydrogen) atoms. The molecule has 2 aliphatic heterocycles. The number of amides is 2. The van der Waals surface area contributed by atoms with E-state index in [4.69, 9.17) is 16.9 Å². The lowest BCUT2D eigenvalue weighted by Gasteiger charge is -2.33. The van der Waals surface area contributed by atoms with Gasteiger partial charge < -0.3 is 10.2 Å². The van der Waals surface area contributed by atoms with Crippen LogP contribution in [0.25, 0.3) is 0 Å². The summed E-state index contributed by atoms with van der Waals surface area (Å²) >= 11 is 6.26. The first-order valence-electron chi connectivity index (χ1n) is 8.80. The van der Waals surface area contributed by atoms with Gasteiger partial charge in [-0.15, -0.1) is 0 Å². The minimum absolute atomic E-state index is 0.0736. The molecule has 2 aromatic rings. The Kier molecular flexibility index (Phi) is 4.16. The summed E-state index contributed by atoms with van der Waals surface area (Å²) in [4.78, 5) is 27.2. The third kappa shape index (κ3) is 2.68. The van der Waals surface area contributed by atoms with Gasteiger partial charge in [0, 0.05) is 24.6 Å². The standard InChI is InChI=1S/C19H18ClN5O2/c1-10-6-15-14(17-18(26)22-8-11(2)25(17)23-15)9-24(10)19(27)13-5-3-4-12(7-21)16(13)20/h3-5,10-11H,6,8-9H2,1-2H3,(H,22,26). The fraction of sp³-hybridized carbons (Fsp3) is 0.368. The Morgan fingerprint density at radius 1 is 1.37 bits per heavy atom. The fourth-order valence-corrected chi connectivity index (χ4v) is 3.99. The Morgan fingerprint density at radius 2 is 2.15 bits per heavy atom. The van der Waals surface area contributed by atoms with Gasteiger partial charge in [0.05, 0.1) is 34.4 Å². The number of rotatable bonds is 1. The van der Waals surface area contributed by atoms with E-state index in [1.807, 2.05) is 19.9 Å². The van der Waals surface area contributed by atoms with Crippen LogP contribution < -0.4 is 5.32 Å². The second-order valence-corrected chi connectivity index (χ2v) is 7.42. The molecular weight excluding hydrogens is 366 g/mol. The van der Waals surface area contributed by atoms with Crippen molar-refractivity contribution in [1.82, 2.24) is 20.0 Å². The number of aromatic nitrogens is 2. The van der Waals surface area contributed by atoms with E-state index in [9.17, 15) is 9.59 Å². The van der Waals surface area contributed by atoms with E-state index in [-0.39, 0.29) is 41.0 Å². The van der Waals surface area contributed by atoms with E-state index in [0.717, 1.165) is 11.3 Å². The number of nitrogens with zero attached hydrogens (tertiary/aromatic N) is 4. The quantitative estimate of drug-likeness (QED) is 0.817. The van der Waals surface area contributed by atoms with Crippen LogP contribution in [0, 0.1) is 11.3 Å². The highest BCUT2D eigenvalue weighted by atomic mass is 35.5. The SMILES string of the molecule is CC1Cc2nn3c(c2CN1C(=O)c1cccc(C#N)c1Cl)C(=O)NCC3C. The average molecular weight is 384 g/mol. The Morgan fingerprint density at radius 3 is 2.89 bits per heavy atom. The fourth-order valence-electron chi connectivity index (χ4n) is 3.74. The zero-order chi connectivity index (χ0) is 19.3. The number of carbonyl (C=O) groups is 2. The number of halogens is 1. The lowest BCUT2D eigenvalue weighted by atomic mass is 9.97. The van der Waals surface area contributed by atoms with Crippen LogP contribution in [0.3, 0.4) is 0 Å². The van der Waals surface area contributed by atoms with Crippen LogP contribution in [-0.4, -0.2) is 39.1 Å². The van der Waals surface area contributed by atoms with Gasteiger partial charge in [0.25, 0.3) is 11.8 Å². The third-order valence-corrected chi connectivity index (χ3v) is 5.65. The number of carbonyl (C=O) groups excluding carboxylic acids is 2. The van der Waals surface area contributed by atoms with E-state index in [0.29, 0.717) is 24.2 Å². The molecule has 0 radical (unpaired) electrons. The maximum Gasteiger partial charge on any atom is 0.270 e. The number of nitrogens with one attached hydrogen (secondary N) is 1. The van der Waals surface area contributed by atoms with Crippen molar-refractivity contribution in [3.8, 4) is 6.07 Å². The van der Waals surface area contributed by atoms with Gasteiger partial charge in [-0.3, -0.25) is 14.3 Å². The van der Waals surface area contributed by atoms with Crippen LogP contribution in [0.15, 0.2) is 18.2 Å². The van der Waals surface area contributed by atoms with Crippen LogP contribution in [0.1, 0.15) is 57.6 Å². The number of nitriles is 1.